The molecule has 0 spiro atoms. The minimum atomic E-state index is 0.568. The van der Waals surface area contributed by atoms with E-state index in [1.165, 1.54) is 32.6 Å². The molecule has 0 fully saturated rings. The molecule has 254 valence electrons. The van der Waals surface area contributed by atoms with E-state index in [9.17, 15) is 10.5 Å². The number of nitrogens with zero attached hydrogens (tertiary/aromatic N) is 5. The van der Waals surface area contributed by atoms with Crippen molar-refractivity contribution in [3.8, 4) is 40.3 Å². The number of nitriles is 2. The van der Waals surface area contributed by atoms with Crippen LogP contribution in [-0.2, 0) is 0 Å². The Morgan fingerprint density at radius 3 is 1.45 bits per heavy atom. The second-order valence-corrected chi connectivity index (χ2v) is 14.0. The van der Waals surface area contributed by atoms with Crippen LogP contribution in [-0.4, -0.2) is 13.7 Å². The lowest BCUT2D eigenvalue weighted by atomic mass is 10.0. The Bertz CT molecular complexity index is 3400. The molecule has 0 amide bonds. The maximum Gasteiger partial charge on any atom is 0.0998 e. The Morgan fingerprint density at radius 2 is 0.836 bits per heavy atom. The van der Waals surface area contributed by atoms with Gasteiger partial charge in [0.05, 0.1) is 56.4 Å². The van der Waals surface area contributed by atoms with Gasteiger partial charge in [-0.05, 0) is 90.0 Å². The van der Waals surface area contributed by atoms with Gasteiger partial charge in [0.1, 0.15) is 0 Å². The summed E-state index contributed by atoms with van der Waals surface area (Å²) in [6, 6.07) is 66.0. The van der Waals surface area contributed by atoms with Crippen LogP contribution in [0.15, 0.2) is 176 Å². The fraction of sp³-hybridized carbons (Fsp3) is 0. The molecule has 0 aliphatic heterocycles. The van der Waals surface area contributed by atoms with Crippen LogP contribution in [0.2, 0.25) is 0 Å². The van der Waals surface area contributed by atoms with Gasteiger partial charge in [0.15, 0.2) is 0 Å². The summed E-state index contributed by atoms with van der Waals surface area (Å²) in [5.41, 5.74) is 12.7. The van der Waals surface area contributed by atoms with Gasteiger partial charge in [0, 0.05) is 49.4 Å². The van der Waals surface area contributed by atoms with Gasteiger partial charge in [0.2, 0.25) is 0 Å². The van der Waals surface area contributed by atoms with E-state index in [0.717, 1.165) is 61.0 Å². The summed E-state index contributed by atoms with van der Waals surface area (Å²) in [4.78, 5) is 0. The number of rotatable bonds is 4. The first-order chi connectivity index (χ1) is 27.2. The van der Waals surface area contributed by atoms with E-state index in [0.29, 0.717) is 11.1 Å². The number of aromatic nitrogens is 3. The molecule has 5 heteroatoms. The molecule has 11 aromatic rings. The summed E-state index contributed by atoms with van der Waals surface area (Å²) in [6.07, 6.45) is 0. The van der Waals surface area contributed by atoms with Gasteiger partial charge in [-0.25, -0.2) is 0 Å². The molecule has 0 aliphatic rings. The predicted octanol–water partition coefficient (Wildman–Crippen LogP) is 12.4. The summed E-state index contributed by atoms with van der Waals surface area (Å²) in [6.45, 7) is 0. The smallest absolute Gasteiger partial charge is 0.0998 e. The monoisotopic (exact) mass is 699 g/mol. The third kappa shape index (κ3) is 4.51. The van der Waals surface area contributed by atoms with Gasteiger partial charge in [-0.1, -0.05) is 97.1 Å². The molecular weight excluding hydrogens is 671 g/mol. The lowest BCUT2D eigenvalue weighted by Gasteiger charge is -2.13. The van der Waals surface area contributed by atoms with Crippen LogP contribution in [0.25, 0.3) is 93.6 Å². The number of hydrogen-bond acceptors (Lipinski definition) is 2. The SMILES string of the molecule is N#Cc1cc(-c2ccc(-n3c4ccccc4c4ccc(-n5c6ccccc6c6ccccc65)cc43)cc2)cc(-n2c3ccccc3c3c(C#N)cccc32)c1. The van der Waals surface area contributed by atoms with Crippen molar-refractivity contribution in [3.05, 3.63) is 187 Å². The molecule has 0 saturated heterocycles. The van der Waals surface area contributed by atoms with Gasteiger partial charge in [-0.3, -0.25) is 0 Å². The van der Waals surface area contributed by atoms with Crippen LogP contribution in [0.3, 0.4) is 0 Å². The Hall–Kier alpha value is -7.86. The van der Waals surface area contributed by atoms with Crippen LogP contribution in [0.5, 0.6) is 0 Å². The minimum absolute atomic E-state index is 0.568. The van der Waals surface area contributed by atoms with Crippen LogP contribution in [0.4, 0.5) is 0 Å². The maximum atomic E-state index is 10.2. The van der Waals surface area contributed by atoms with Crippen LogP contribution in [0.1, 0.15) is 11.1 Å². The van der Waals surface area contributed by atoms with Crippen molar-refractivity contribution in [1.82, 2.24) is 13.7 Å². The Balaban J connectivity index is 1.07. The third-order valence-electron chi connectivity index (χ3n) is 11.1. The number of benzene rings is 8. The first kappa shape index (κ1) is 30.7. The van der Waals surface area contributed by atoms with E-state index in [1.807, 2.05) is 42.5 Å². The van der Waals surface area contributed by atoms with Crippen molar-refractivity contribution in [2.45, 2.75) is 0 Å². The highest BCUT2D eigenvalue weighted by atomic mass is 15.0. The van der Waals surface area contributed by atoms with Crippen molar-refractivity contribution < 1.29 is 0 Å². The fourth-order valence-electron chi connectivity index (χ4n) is 8.74. The normalized spacial score (nSPS) is 11.6. The molecule has 0 bridgehead atoms. The molecule has 11 rings (SSSR count). The van der Waals surface area contributed by atoms with Crippen LogP contribution in [0, 0.1) is 22.7 Å². The quantitative estimate of drug-likeness (QED) is 0.184. The van der Waals surface area contributed by atoms with E-state index in [2.05, 4.69) is 159 Å². The summed E-state index contributed by atoms with van der Waals surface area (Å²) in [7, 11) is 0. The molecule has 3 aromatic heterocycles. The highest BCUT2D eigenvalue weighted by molar-refractivity contribution is 6.13. The zero-order valence-electron chi connectivity index (χ0n) is 29.5. The van der Waals surface area contributed by atoms with Gasteiger partial charge in [-0.2, -0.15) is 10.5 Å². The summed E-state index contributed by atoms with van der Waals surface area (Å²) in [5, 5.41) is 27.0. The maximum absolute atomic E-state index is 10.2. The number of hydrogen-bond donors (Lipinski definition) is 0. The van der Waals surface area contributed by atoms with Crippen LogP contribution >= 0.6 is 0 Å². The van der Waals surface area contributed by atoms with E-state index >= 15 is 0 Å². The second-order valence-electron chi connectivity index (χ2n) is 14.0. The van der Waals surface area contributed by atoms with E-state index in [1.54, 1.807) is 0 Å². The number of fused-ring (bicyclic) bond motifs is 9. The van der Waals surface area contributed by atoms with Crippen molar-refractivity contribution >= 4 is 65.4 Å². The highest BCUT2D eigenvalue weighted by Gasteiger charge is 2.18. The van der Waals surface area contributed by atoms with Gasteiger partial charge < -0.3 is 13.7 Å². The third-order valence-corrected chi connectivity index (χ3v) is 11.1. The molecule has 3 heterocycles. The Kier molecular flexibility index (Phi) is 6.61. The molecule has 0 atom stereocenters. The van der Waals surface area contributed by atoms with Gasteiger partial charge in [-0.15, -0.1) is 0 Å². The molecule has 0 radical (unpaired) electrons. The molecule has 8 aromatic carbocycles. The molecule has 55 heavy (non-hydrogen) atoms. The van der Waals surface area contributed by atoms with E-state index in [4.69, 9.17) is 0 Å². The average Bonchev–Trinajstić information content (AvgIpc) is 3.89. The average molecular weight is 700 g/mol. The topological polar surface area (TPSA) is 62.4 Å². The van der Waals surface area contributed by atoms with Crippen LogP contribution < -0.4 is 0 Å². The largest absolute Gasteiger partial charge is 0.309 e. The second kappa shape index (κ2) is 11.8. The Morgan fingerprint density at radius 1 is 0.327 bits per heavy atom. The zero-order valence-corrected chi connectivity index (χ0v) is 29.5. The molecule has 0 unspecified atom stereocenters. The molecule has 0 N–H and O–H groups in total. The minimum Gasteiger partial charge on any atom is -0.309 e. The molecule has 0 saturated carbocycles. The Labute approximate surface area is 316 Å². The summed E-state index contributed by atoms with van der Waals surface area (Å²) < 4.78 is 6.89. The lowest BCUT2D eigenvalue weighted by molar-refractivity contribution is 1.15. The standard InChI is InChI=1S/C50H29N5/c51-30-32-26-35(28-38(27-32)55-47-18-8-4-14-43(47)50-34(31-52)10-9-19-48(50)55)33-20-22-36(23-21-33)53-44-15-5-3-13-41(44)42-25-24-37(29-49(42)53)54-45-16-6-1-11-39(45)40-12-2-7-17-46(40)54/h1-29H. The van der Waals surface area contributed by atoms with Gasteiger partial charge >= 0.3 is 0 Å². The fourth-order valence-corrected chi connectivity index (χ4v) is 8.74. The van der Waals surface area contributed by atoms with E-state index < -0.39 is 0 Å². The lowest BCUT2D eigenvalue weighted by Crippen LogP contribution is -1.97. The molecule has 5 nitrogen and oxygen atoms in total. The first-order valence-electron chi connectivity index (χ1n) is 18.3. The molecular formula is C50H29N5. The van der Waals surface area contributed by atoms with Gasteiger partial charge in [0.25, 0.3) is 0 Å². The first-order valence-corrected chi connectivity index (χ1v) is 18.3. The van der Waals surface area contributed by atoms with Crippen molar-refractivity contribution in [2.75, 3.05) is 0 Å². The number of para-hydroxylation sites is 4. The van der Waals surface area contributed by atoms with Crippen molar-refractivity contribution in [3.63, 3.8) is 0 Å². The summed E-state index contributed by atoms with van der Waals surface area (Å²) >= 11 is 0. The highest BCUT2D eigenvalue weighted by Crippen LogP contribution is 2.39. The summed E-state index contributed by atoms with van der Waals surface area (Å²) in [5.74, 6) is 0. The van der Waals surface area contributed by atoms with Crippen molar-refractivity contribution in [1.29, 1.82) is 10.5 Å². The van der Waals surface area contributed by atoms with Crippen molar-refractivity contribution in [2.24, 2.45) is 0 Å². The zero-order chi connectivity index (χ0) is 36.6. The van der Waals surface area contributed by atoms with E-state index in [-0.39, 0.29) is 0 Å². The molecule has 0 aliphatic carbocycles. The predicted molar refractivity (Wildman–Crippen MR) is 224 cm³/mol.